The van der Waals surface area contributed by atoms with Gasteiger partial charge >= 0.3 is 0 Å². The topological polar surface area (TPSA) is 42.0 Å². The van der Waals surface area contributed by atoms with Crippen molar-refractivity contribution in [2.75, 3.05) is 6.61 Å². The van der Waals surface area contributed by atoms with Crippen LogP contribution in [-0.2, 0) is 11.3 Å². The molecule has 0 amide bonds. The first-order valence-corrected chi connectivity index (χ1v) is 11.4. The van der Waals surface area contributed by atoms with Crippen molar-refractivity contribution in [3.63, 3.8) is 0 Å². The zero-order valence-corrected chi connectivity index (χ0v) is 19.3. The van der Waals surface area contributed by atoms with E-state index >= 15 is 0 Å². The van der Waals surface area contributed by atoms with E-state index in [1.165, 1.54) is 24.3 Å². The summed E-state index contributed by atoms with van der Waals surface area (Å²) in [6, 6.07) is 18.9. The molecule has 0 aromatic heterocycles. The first kappa shape index (κ1) is 24.0. The zero-order valence-electron chi connectivity index (χ0n) is 19.3. The molecule has 7 heteroatoms. The quantitative estimate of drug-likeness (QED) is 0.217. The van der Waals surface area contributed by atoms with Gasteiger partial charge in [0.15, 0.2) is 23.2 Å². The van der Waals surface area contributed by atoms with E-state index in [0.29, 0.717) is 28.9 Å². The molecule has 2 atom stereocenters. The summed E-state index contributed by atoms with van der Waals surface area (Å²) in [7, 11) is 0. The molecule has 1 aliphatic rings. The average Bonchev–Trinajstić information content (AvgIpc) is 3.72. The Morgan fingerprint density at radius 3 is 1.86 bits per heavy atom. The van der Waals surface area contributed by atoms with Gasteiger partial charge < -0.3 is 14.6 Å². The molecule has 1 saturated heterocycles. The molecule has 1 fully saturated rings. The maximum Gasteiger partial charge on any atom is 0.201 e. The van der Waals surface area contributed by atoms with Crippen molar-refractivity contribution < 1.29 is 32.1 Å². The fourth-order valence-corrected chi connectivity index (χ4v) is 4.01. The summed E-state index contributed by atoms with van der Waals surface area (Å²) in [6.45, 7) is 1.96. The van der Waals surface area contributed by atoms with Gasteiger partial charge in [-0.15, -0.1) is 0 Å². The van der Waals surface area contributed by atoms with Gasteiger partial charge in [0.1, 0.15) is 12.7 Å². The van der Waals surface area contributed by atoms with E-state index < -0.39 is 35.5 Å². The molecule has 0 spiro atoms. The lowest BCUT2D eigenvalue weighted by Crippen LogP contribution is -2.01. The maximum absolute atomic E-state index is 15.0. The van der Waals surface area contributed by atoms with Crippen molar-refractivity contribution in [2.45, 2.75) is 25.7 Å². The average molecular weight is 494 g/mol. The van der Waals surface area contributed by atoms with Crippen LogP contribution in [0.2, 0.25) is 0 Å². The second-order valence-corrected chi connectivity index (χ2v) is 8.68. The monoisotopic (exact) mass is 494 g/mol. The molecule has 184 valence electrons. The van der Waals surface area contributed by atoms with E-state index in [-0.39, 0.29) is 29.0 Å². The maximum atomic E-state index is 15.0. The molecule has 36 heavy (non-hydrogen) atoms. The summed E-state index contributed by atoms with van der Waals surface area (Å²) in [5.41, 5.74) is 2.65. The smallest absolute Gasteiger partial charge is 0.201 e. The van der Waals surface area contributed by atoms with Crippen molar-refractivity contribution in [2.24, 2.45) is 0 Å². The Bertz CT molecular complexity index is 1400. The molecule has 4 aromatic carbocycles. The molecule has 1 heterocycles. The van der Waals surface area contributed by atoms with E-state index in [2.05, 4.69) is 0 Å². The highest BCUT2D eigenvalue weighted by atomic mass is 19.2. The van der Waals surface area contributed by atoms with Crippen LogP contribution >= 0.6 is 0 Å². The Kier molecular flexibility index (Phi) is 6.51. The molecule has 0 radical (unpaired) electrons. The molecule has 3 nitrogen and oxygen atoms in total. The fraction of sp³-hybridized carbons (Fsp3) is 0.172. The molecule has 0 aliphatic carbocycles. The number of epoxide rings is 1. The third-order valence-electron chi connectivity index (χ3n) is 6.20. The molecule has 0 saturated carbocycles. The number of halogens is 4. The Morgan fingerprint density at radius 2 is 1.33 bits per heavy atom. The summed E-state index contributed by atoms with van der Waals surface area (Å²) in [6.07, 6.45) is -1.06. The van der Waals surface area contributed by atoms with Crippen molar-refractivity contribution in [1.29, 1.82) is 0 Å². The number of ether oxygens (including phenoxy) is 2. The van der Waals surface area contributed by atoms with E-state index in [1.807, 2.05) is 0 Å². The Morgan fingerprint density at radius 1 is 0.778 bits per heavy atom. The van der Waals surface area contributed by atoms with Gasteiger partial charge in [-0.25, -0.2) is 13.2 Å². The minimum atomic E-state index is -1.07. The Balaban J connectivity index is 1.31. The van der Waals surface area contributed by atoms with Crippen molar-refractivity contribution in [3.8, 4) is 28.0 Å². The first-order valence-electron chi connectivity index (χ1n) is 11.4. The van der Waals surface area contributed by atoms with Crippen molar-refractivity contribution >= 4 is 0 Å². The standard InChI is InChI=1S/C29H22F4O3/c1-16(34)18-6-8-20(9-7-18)22-11-10-21(26(30)27(22)31)19-4-2-17(3-5-19)14-35-24-13-12-23(25-15-36-25)28(32)29(24)33/h2-13,16,25,34H,14-15H2,1H3. The van der Waals surface area contributed by atoms with Gasteiger partial charge in [0.25, 0.3) is 0 Å². The van der Waals surface area contributed by atoms with Crippen LogP contribution in [0.5, 0.6) is 5.75 Å². The minimum Gasteiger partial charge on any atom is -0.486 e. The van der Waals surface area contributed by atoms with Crippen molar-refractivity contribution in [3.05, 3.63) is 113 Å². The largest absolute Gasteiger partial charge is 0.486 e. The van der Waals surface area contributed by atoms with E-state index in [1.54, 1.807) is 55.5 Å². The normalized spacial score (nSPS) is 15.6. The van der Waals surface area contributed by atoms with E-state index in [9.17, 15) is 22.7 Å². The molecular weight excluding hydrogens is 472 g/mol. The lowest BCUT2D eigenvalue weighted by molar-refractivity contribution is 0.199. The van der Waals surface area contributed by atoms with Crippen LogP contribution in [-0.4, -0.2) is 11.7 Å². The lowest BCUT2D eigenvalue weighted by atomic mass is 9.97. The highest BCUT2D eigenvalue weighted by molar-refractivity contribution is 5.72. The summed E-state index contributed by atoms with van der Waals surface area (Å²) >= 11 is 0. The van der Waals surface area contributed by atoms with Gasteiger partial charge in [-0.3, -0.25) is 0 Å². The van der Waals surface area contributed by atoms with Gasteiger partial charge in [0.05, 0.1) is 12.7 Å². The molecule has 1 aliphatic heterocycles. The number of benzene rings is 4. The van der Waals surface area contributed by atoms with Crippen LogP contribution in [0.25, 0.3) is 22.3 Å². The summed E-state index contributed by atoms with van der Waals surface area (Å²) in [5, 5.41) is 9.63. The van der Waals surface area contributed by atoms with Gasteiger partial charge in [-0.05, 0) is 41.3 Å². The first-order chi connectivity index (χ1) is 17.3. The Labute approximate surface area is 205 Å². The molecule has 2 unspecified atom stereocenters. The fourth-order valence-electron chi connectivity index (χ4n) is 4.01. The van der Waals surface area contributed by atoms with E-state index in [0.717, 1.165) is 0 Å². The predicted molar refractivity (Wildman–Crippen MR) is 127 cm³/mol. The second-order valence-electron chi connectivity index (χ2n) is 8.68. The number of hydrogen-bond acceptors (Lipinski definition) is 3. The number of rotatable bonds is 7. The van der Waals surface area contributed by atoms with Crippen molar-refractivity contribution in [1.82, 2.24) is 0 Å². The van der Waals surface area contributed by atoms with Gasteiger partial charge in [0.2, 0.25) is 5.82 Å². The van der Waals surface area contributed by atoms with E-state index in [4.69, 9.17) is 9.47 Å². The van der Waals surface area contributed by atoms with Gasteiger partial charge in [-0.2, -0.15) is 4.39 Å². The number of aliphatic hydroxyl groups is 1. The highest BCUT2D eigenvalue weighted by Gasteiger charge is 2.30. The van der Waals surface area contributed by atoms with Gasteiger partial charge in [-0.1, -0.05) is 60.7 Å². The molecule has 0 bridgehead atoms. The number of hydrogen-bond donors (Lipinski definition) is 1. The lowest BCUT2D eigenvalue weighted by Gasteiger charge is -2.12. The predicted octanol–water partition coefficient (Wildman–Crippen LogP) is 7.28. The number of aliphatic hydroxyl groups excluding tert-OH is 1. The van der Waals surface area contributed by atoms with Crippen LogP contribution in [0.15, 0.2) is 72.8 Å². The second kappa shape index (κ2) is 9.76. The third kappa shape index (κ3) is 4.72. The molecule has 5 rings (SSSR count). The minimum absolute atomic E-state index is 0.0336. The van der Waals surface area contributed by atoms with Crippen LogP contribution in [0.1, 0.15) is 35.8 Å². The SMILES string of the molecule is CC(O)c1ccc(-c2ccc(-c3ccc(COc4ccc(C5CO5)c(F)c4F)cc3)c(F)c2F)cc1. The summed E-state index contributed by atoms with van der Waals surface area (Å²) < 4.78 is 68.8. The molecule has 4 aromatic rings. The molecule has 1 N–H and O–H groups in total. The highest BCUT2D eigenvalue weighted by Crippen LogP contribution is 2.35. The molecular formula is C29H22F4O3. The summed E-state index contributed by atoms with van der Waals surface area (Å²) in [5.74, 6) is -4.22. The van der Waals surface area contributed by atoms with Crippen LogP contribution in [0, 0.1) is 23.3 Å². The van der Waals surface area contributed by atoms with Crippen LogP contribution in [0.4, 0.5) is 17.6 Å². The van der Waals surface area contributed by atoms with Gasteiger partial charge in [0, 0.05) is 16.7 Å². The zero-order chi connectivity index (χ0) is 25.4. The van der Waals surface area contributed by atoms with Crippen LogP contribution in [0.3, 0.4) is 0 Å². The summed E-state index contributed by atoms with van der Waals surface area (Å²) in [4.78, 5) is 0. The third-order valence-corrected chi connectivity index (χ3v) is 6.20. The Hall–Kier alpha value is -3.68. The van der Waals surface area contributed by atoms with Crippen LogP contribution < -0.4 is 4.74 Å².